The van der Waals surface area contributed by atoms with Crippen LogP contribution in [0.2, 0.25) is 0 Å². The number of aldehydes is 2. The number of ether oxygens (including phenoxy) is 3. The van der Waals surface area contributed by atoms with Gasteiger partial charge in [-0.05, 0) is 54.1 Å². The first-order chi connectivity index (χ1) is 21.8. The maximum Gasteiger partial charge on any atom is 0.153 e. The molecule has 45 heavy (non-hydrogen) atoms. The Balaban J connectivity index is 0.000000169. The molecule has 1 N–H and O–H groups in total. The molecule has 0 saturated carbocycles. The van der Waals surface area contributed by atoms with Crippen molar-refractivity contribution in [3.63, 3.8) is 0 Å². The maximum atomic E-state index is 11.2. The fourth-order valence-electron chi connectivity index (χ4n) is 4.50. The molecule has 0 aliphatic carbocycles. The lowest BCUT2D eigenvalue weighted by Crippen LogP contribution is -1.99. The Morgan fingerprint density at radius 1 is 0.756 bits per heavy atom. The quantitative estimate of drug-likeness (QED) is 0.150. The third-order valence-electron chi connectivity index (χ3n) is 7.00. The number of methoxy groups -OCH3 is 2. The molecule has 2 aromatic heterocycles. The van der Waals surface area contributed by atoms with Crippen molar-refractivity contribution in [3.05, 3.63) is 107 Å². The van der Waals surface area contributed by atoms with Crippen molar-refractivity contribution < 1.29 is 28.9 Å². The number of fused-ring (bicyclic) bond motifs is 2. The van der Waals surface area contributed by atoms with E-state index in [9.17, 15) is 9.59 Å². The zero-order valence-corrected chi connectivity index (χ0v) is 26.1. The molecular weight excluding hydrogens is 596 g/mol. The van der Waals surface area contributed by atoms with Gasteiger partial charge in [0.1, 0.15) is 29.6 Å². The molecule has 0 bridgehead atoms. The highest BCUT2D eigenvalue weighted by Crippen LogP contribution is 2.25. The molecule has 232 valence electrons. The number of carbonyl (C=O) groups is 2. The summed E-state index contributed by atoms with van der Waals surface area (Å²) in [6, 6.07) is 21.7. The summed E-state index contributed by atoms with van der Waals surface area (Å²) in [4.78, 5) is 21.5. The minimum atomic E-state index is -0.0270. The van der Waals surface area contributed by atoms with Crippen molar-refractivity contribution in [1.29, 1.82) is 0 Å². The summed E-state index contributed by atoms with van der Waals surface area (Å²) >= 11 is 5.78. The maximum absolute atomic E-state index is 11.2. The Morgan fingerprint density at radius 2 is 1.29 bits per heavy atom. The molecular formula is C34H33ClN4O6. The van der Waals surface area contributed by atoms with Crippen LogP contribution in [0.3, 0.4) is 0 Å². The molecule has 0 saturated heterocycles. The van der Waals surface area contributed by atoms with Gasteiger partial charge in [-0.25, -0.2) is 0 Å². The van der Waals surface area contributed by atoms with E-state index in [1.165, 1.54) is 19.2 Å². The van der Waals surface area contributed by atoms with Gasteiger partial charge in [-0.15, -0.1) is 11.6 Å². The van der Waals surface area contributed by atoms with Crippen molar-refractivity contribution in [2.75, 3.05) is 14.2 Å². The molecule has 10 nitrogen and oxygen atoms in total. The third kappa shape index (κ3) is 7.79. The first kappa shape index (κ1) is 32.6. The number of alkyl halides is 1. The number of halogens is 1. The third-order valence-corrected chi connectivity index (χ3v) is 7.28. The van der Waals surface area contributed by atoms with E-state index in [0.717, 1.165) is 39.2 Å². The van der Waals surface area contributed by atoms with Crippen LogP contribution in [0.15, 0.2) is 85.2 Å². The van der Waals surface area contributed by atoms with E-state index >= 15 is 0 Å². The molecule has 0 aliphatic heterocycles. The molecule has 0 aliphatic rings. The van der Waals surface area contributed by atoms with Crippen molar-refractivity contribution in [2.45, 2.75) is 12.5 Å². The van der Waals surface area contributed by atoms with E-state index in [2.05, 4.69) is 10.2 Å². The van der Waals surface area contributed by atoms with E-state index in [4.69, 9.17) is 30.9 Å². The van der Waals surface area contributed by atoms with Crippen LogP contribution in [-0.4, -0.2) is 51.5 Å². The largest absolute Gasteiger partial charge is 0.507 e. The van der Waals surface area contributed by atoms with Crippen molar-refractivity contribution >= 4 is 46.0 Å². The molecule has 2 heterocycles. The Kier molecular flexibility index (Phi) is 11.1. The smallest absolute Gasteiger partial charge is 0.153 e. The van der Waals surface area contributed by atoms with Crippen LogP contribution in [0.25, 0.3) is 21.8 Å². The van der Waals surface area contributed by atoms with E-state index in [1.807, 2.05) is 72.3 Å². The number of carbonyl (C=O) groups excluding carboxylic acids is 2. The molecule has 0 amide bonds. The van der Waals surface area contributed by atoms with E-state index in [-0.39, 0.29) is 11.3 Å². The molecule has 4 aromatic carbocycles. The number of aromatic hydroxyl groups is 1. The topological polar surface area (TPSA) is 118 Å². The lowest BCUT2D eigenvalue weighted by atomic mass is 10.1. The number of benzene rings is 4. The zero-order valence-electron chi connectivity index (χ0n) is 25.3. The normalized spacial score (nSPS) is 10.3. The van der Waals surface area contributed by atoms with Gasteiger partial charge in [-0.3, -0.25) is 19.0 Å². The zero-order chi connectivity index (χ0) is 32.3. The van der Waals surface area contributed by atoms with Crippen molar-refractivity contribution in [1.82, 2.24) is 19.6 Å². The number of nitrogens with zero attached hydrogens (tertiary/aromatic N) is 4. The predicted molar refractivity (Wildman–Crippen MR) is 174 cm³/mol. The summed E-state index contributed by atoms with van der Waals surface area (Å²) in [5, 5.41) is 19.7. The number of phenols is 1. The minimum absolute atomic E-state index is 0.0270. The highest BCUT2D eigenvalue weighted by molar-refractivity contribution is 6.18. The summed E-state index contributed by atoms with van der Waals surface area (Å²) in [6.45, 7) is 0.371. The summed E-state index contributed by atoms with van der Waals surface area (Å²) in [5.74, 6) is 2.24. The van der Waals surface area contributed by atoms with Crippen LogP contribution in [0.5, 0.6) is 23.0 Å². The Bertz CT molecular complexity index is 1920. The molecule has 6 rings (SSSR count). The van der Waals surface area contributed by atoms with E-state index in [0.29, 0.717) is 41.6 Å². The van der Waals surface area contributed by atoms with Gasteiger partial charge < -0.3 is 19.3 Å². The van der Waals surface area contributed by atoms with Crippen LogP contribution in [0.4, 0.5) is 0 Å². The monoisotopic (exact) mass is 628 g/mol. The van der Waals surface area contributed by atoms with Crippen LogP contribution in [-0.2, 0) is 26.6 Å². The highest BCUT2D eigenvalue weighted by atomic mass is 35.5. The van der Waals surface area contributed by atoms with E-state index < -0.39 is 0 Å². The standard InChI is InChI=1S/C17H16N2O3.C9H9ClN2.C8H8O3/c1-19-16-5-3-4-12(15(16)9-18-19)11-22-17-7-6-14(21-2)8-13(17)10-20;1-12-9-4-2-3-7(5-10)8(9)6-11-12;1-11-7-2-3-8(10)6(4-7)5-9/h3-10H,11H2,1-2H3;2-4,6H,5H2,1H3;2-5,10H,1H3. The average molecular weight is 629 g/mol. The van der Waals surface area contributed by atoms with Gasteiger partial charge in [0.05, 0.1) is 48.8 Å². The molecule has 0 radical (unpaired) electrons. The fraction of sp³-hybridized carbons (Fsp3) is 0.176. The van der Waals surface area contributed by atoms with Gasteiger partial charge in [-0.2, -0.15) is 10.2 Å². The van der Waals surface area contributed by atoms with Crippen molar-refractivity contribution in [2.24, 2.45) is 14.1 Å². The van der Waals surface area contributed by atoms with Gasteiger partial charge in [0.2, 0.25) is 0 Å². The number of aromatic nitrogens is 4. The second kappa shape index (κ2) is 15.4. The van der Waals surface area contributed by atoms with Gasteiger partial charge in [0.15, 0.2) is 12.6 Å². The average Bonchev–Trinajstić information content (AvgIpc) is 3.66. The molecule has 6 aromatic rings. The molecule has 0 spiro atoms. The van der Waals surface area contributed by atoms with Crippen LogP contribution in [0.1, 0.15) is 31.8 Å². The Labute approximate surface area is 265 Å². The molecule has 11 heteroatoms. The molecule has 0 unspecified atom stereocenters. The Hall–Kier alpha value is -5.35. The molecule has 0 fully saturated rings. The van der Waals surface area contributed by atoms with Crippen LogP contribution < -0.4 is 14.2 Å². The molecule has 0 atom stereocenters. The number of aryl methyl sites for hydroxylation is 2. The summed E-state index contributed by atoms with van der Waals surface area (Å²) < 4.78 is 19.4. The predicted octanol–water partition coefficient (Wildman–Crippen LogP) is 6.50. The van der Waals surface area contributed by atoms with Gasteiger partial charge in [0, 0.05) is 36.3 Å². The second-order valence-electron chi connectivity index (χ2n) is 9.72. The summed E-state index contributed by atoms with van der Waals surface area (Å²) in [5.41, 5.74) is 5.06. The van der Waals surface area contributed by atoms with Crippen molar-refractivity contribution in [3.8, 4) is 23.0 Å². The summed E-state index contributed by atoms with van der Waals surface area (Å²) in [7, 11) is 6.90. The number of hydrogen-bond donors (Lipinski definition) is 1. The first-order valence-electron chi connectivity index (χ1n) is 13.8. The Morgan fingerprint density at radius 3 is 1.84 bits per heavy atom. The minimum Gasteiger partial charge on any atom is -0.507 e. The number of phenolic OH excluding ortho intramolecular Hbond substituents is 1. The van der Waals surface area contributed by atoms with E-state index in [1.54, 1.807) is 31.4 Å². The summed E-state index contributed by atoms with van der Waals surface area (Å²) in [6.07, 6.45) is 5.02. The van der Waals surface area contributed by atoms with Gasteiger partial charge >= 0.3 is 0 Å². The number of hydrogen-bond acceptors (Lipinski definition) is 8. The lowest BCUT2D eigenvalue weighted by Gasteiger charge is -2.10. The van der Waals surface area contributed by atoms with Crippen LogP contribution in [0, 0.1) is 0 Å². The SMILES string of the molecule is COc1ccc(O)c(C=O)c1.COc1ccc(OCc2cccc3c2cnn3C)c(C=O)c1.Cn1ncc2c(CCl)cccc21. The van der Waals surface area contributed by atoms with Crippen LogP contribution >= 0.6 is 11.6 Å². The second-order valence-corrected chi connectivity index (χ2v) is 9.99. The fourth-order valence-corrected chi connectivity index (χ4v) is 4.74. The highest BCUT2D eigenvalue weighted by Gasteiger charge is 2.09. The van der Waals surface area contributed by atoms with Gasteiger partial charge in [0.25, 0.3) is 0 Å². The lowest BCUT2D eigenvalue weighted by molar-refractivity contribution is 0.111. The number of rotatable bonds is 8. The first-order valence-corrected chi connectivity index (χ1v) is 14.3. The van der Waals surface area contributed by atoms with Gasteiger partial charge in [-0.1, -0.05) is 24.3 Å².